The van der Waals surface area contributed by atoms with Crippen LogP contribution in [0.1, 0.15) is 5.56 Å². The molecule has 0 aliphatic carbocycles. The number of nitro groups is 1. The van der Waals surface area contributed by atoms with Gasteiger partial charge in [-0.2, -0.15) is 0 Å². The van der Waals surface area contributed by atoms with Gasteiger partial charge in [-0.3, -0.25) is 10.1 Å². The molecular weight excluding hydrogens is 308 g/mol. The molecule has 22 heavy (non-hydrogen) atoms. The molecule has 0 bridgehead atoms. The summed E-state index contributed by atoms with van der Waals surface area (Å²) in [7, 11) is 1.53. The summed E-state index contributed by atoms with van der Waals surface area (Å²) in [6.45, 7) is 1.74. The second kappa shape index (κ2) is 5.31. The second-order valence-electron chi connectivity index (χ2n) is 4.74. The van der Waals surface area contributed by atoms with Gasteiger partial charge in [0.25, 0.3) is 5.69 Å². The van der Waals surface area contributed by atoms with Crippen molar-refractivity contribution in [3.63, 3.8) is 0 Å². The lowest BCUT2D eigenvalue weighted by Gasteiger charge is -2.03. The van der Waals surface area contributed by atoms with E-state index in [9.17, 15) is 10.1 Å². The third kappa shape index (κ3) is 2.37. The lowest BCUT2D eigenvalue weighted by Crippen LogP contribution is -1.88. The highest BCUT2D eigenvalue weighted by molar-refractivity contribution is 6.32. The first-order valence-corrected chi connectivity index (χ1v) is 6.77. The lowest BCUT2D eigenvalue weighted by atomic mass is 10.2. The average molecular weight is 319 g/mol. The molecule has 0 N–H and O–H groups in total. The Bertz CT molecular complexity index is 889. The molecule has 1 heterocycles. The van der Waals surface area contributed by atoms with Gasteiger partial charge in [0.2, 0.25) is 5.89 Å². The SMILES string of the molecule is COc1ccc(-c2nc3cc([N+](=O)[O-])cc(C)c3o2)cc1Cl. The number of methoxy groups -OCH3 is 1. The van der Waals surface area contributed by atoms with Crippen LogP contribution in [0.3, 0.4) is 0 Å². The summed E-state index contributed by atoms with van der Waals surface area (Å²) in [6.07, 6.45) is 0. The summed E-state index contributed by atoms with van der Waals surface area (Å²) in [5.74, 6) is 0.900. The highest BCUT2D eigenvalue weighted by atomic mass is 35.5. The number of hydrogen-bond acceptors (Lipinski definition) is 5. The predicted octanol–water partition coefficient (Wildman–Crippen LogP) is 4.37. The standard InChI is InChI=1S/C15H11ClN2O4/c1-8-5-10(18(19)20)7-12-14(8)22-15(17-12)9-3-4-13(21-2)11(16)6-9/h3-7H,1-2H3. The van der Waals surface area contributed by atoms with Gasteiger partial charge >= 0.3 is 0 Å². The van der Waals surface area contributed by atoms with Crippen molar-refractivity contribution in [3.8, 4) is 17.2 Å². The fraction of sp³-hybridized carbons (Fsp3) is 0.133. The minimum Gasteiger partial charge on any atom is -0.495 e. The monoisotopic (exact) mass is 318 g/mol. The van der Waals surface area contributed by atoms with Crippen LogP contribution in [0.4, 0.5) is 5.69 Å². The largest absolute Gasteiger partial charge is 0.495 e. The van der Waals surface area contributed by atoms with Crippen LogP contribution in [0.2, 0.25) is 5.02 Å². The fourth-order valence-electron chi connectivity index (χ4n) is 2.21. The Balaban J connectivity index is 2.14. The molecule has 0 radical (unpaired) electrons. The van der Waals surface area contributed by atoms with Gasteiger partial charge in [-0.1, -0.05) is 11.6 Å². The maximum absolute atomic E-state index is 10.9. The Morgan fingerprint density at radius 1 is 1.32 bits per heavy atom. The van der Waals surface area contributed by atoms with E-state index in [0.717, 1.165) is 0 Å². The number of rotatable bonds is 3. The van der Waals surface area contributed by atoms with Gasteiger partial charge in [-0.05, 0) is 25.1 Å². The molecule has 0 unspecified atom stereocenters. The molecular formula is C15H11ClN2O4. The van der Waals surface area contributed by atoms with Gasteiger partial charge in [-0.25, -0.2) is 4.98 Å². The third-order valence-electron chi connectivity index (χ3n) is 3.27. The minimum atomic E-state index is -0.453. The van der Waals surface area contributed by atoms with E-state index in [2.05, 4.69) is 4.98 Å². The van der Waals surface area contributed by atoms with Crippen LogP contribution in [-0.4, -0.2) is 17.0 Å². The van der Waals surface area contributed by atoms with E-state index in [1.807, 2.05) is 0 Å². The van der Waals surface area contributed by atoms with Crippen molar-refractivity contribution in [2.45, 2.75) is 6.92 Å². The van der Waals surface area contributed by atoms with Gasteiger partial charge in [0.05, 0.1) is 17.1 Å². The maximum Gasteiger partial charge on any atom is 0.272 e. The normalized spacial score (nSPS) is 10.9. The van der Waals surface area contributed by atoms with Crippen molar-refractivity contribution < 1.29 is 14.1 Å². The number of nitrogens with zero attached hydrogens (tertiary/aromatic N) is 2. The number of aryl methyl sites for hydroxylation is 1. The van der Waals surface area contributed by atoms with E-state index in [1.165, 1.54) is 19.2 Å². The number of non-ortho nitro benzene ring substituents is 1. The molecule has 3 rings (SSSR count). The average Bonchev–Trinajstić information content (AvgIpc) is 2.91. The van der Waals surface area contributed by atoms with Crippen LogP contribution >= 0.6 is 11.6 Å². The quantitative estimate of drug-likeness (QED) is 0.529. The van der Waals surface area contributed by atoms with Gasteiger partial charge in [0, 0.05) is 23.3 Å². The Hall–Kier alpha value is -2.60. The molecule has 0 atom stereocenters. The van der Waals surface area contributed by atoms with Crippen LogP contribution in [0.25, 0.3) is 22.6 Å². The molecule has 0 fully saturated rings. The van der Waals surface area contributed by atoms with Gasteiger partial charge < -0.3 is 9.15 Å². The lowest BCUT2D eigenvalue weighted by molar-refractivity contribution is -0.384. The molecule has 0 saturated carbocycles. The summed E-state index contributed by atoms with van der Waals surface area (Å²) in [5, 5.41) is 11.3. The van der Waals surface area contributed by atoms with Crippen LogP contribution in [0.5, 0.6) is 5.75 Å². The highest BCUT2D eigenvalue weighted by Crippen LogP contribution is 2.33. The number of fused-ring (bicyclic) bond motifs is 1. The Labute approximate surface area is 130 Å². The minimum absolute atomic E-state index is 0.0161. The van der Waals surface area contributed by atoms with E-state index in [1.54, 1.807) is 25.1 Å². The number of nitro benzene ring substituents is 1. The highest BCUT2D eigenvalue weighted by Gasteiger charge is 2.16. The molecule has 1 aromatic heterocycles. The van der Waals surface area contributed by atoms with E-state index in [4.69, 9.17) is 20.8 Å². The third-order valence-corrected chi connectivity index (χ3v) is 3.57. The Morgan fingerprint density at radius 2 is 2.09 bits per heavy atom. The smallest absolute Gasteiger partial charge is 0.272 e. The van der Waals surface area contributed by atoms with Crippen molar-refractivity contribution in [2.24, 2.45) is 0 Å². The van der Waals surface area contributed by atoms with Crippen LogP contribution < -0.4 is 4.74 Å². The molecule has 0 amide bonds. The first-order chi connectivity index (χ1) is 10.5. The number of hydrogen-bond donors (Lipinski definition) is 0. The zero-order chi connectivity index (χ0) is 15.9. The number of aromatic nitrogens is 1. The predicted molar refractivity (Wildman–Crippen MR) is 82.4 cm³/mol. The zero-order valence-corrected chi connectivity index (χ0v) is 12.5. The number of halogens is 1. The number of benzene rings is 2. The van der Waals surface area contributed by atoms with E-state index in [-0.39, 0.29) is 5.69 Å². The molecule has 0 aliphatic heterocycles. The molecule has 0 aliphatic rings. The molecule has 7 heteroatoms. The van der Waals surface area contributed by atoms with Crippen molar-refractivity contribution in [1.82, 2.24) is 4.98 Å². The number of oxazole rings is 1. The van der Waals surface area contributed by atoms with Crippen LogP contribution in [-0.2, 0) is 0 Å². The molecule has 0 saturated heterocycles. The summed E-state index contributed by atoms with van der Waals surface area (Å²) in [5.41, 5.74) is 2.27. The van der Waals surface area contributed by atoms with E-state index < -0.39 is 4.92 Å². The van der Waals surface area contributed by atoms with Gasteiger partial charge in [0.1, 0.15) is 11.3 Å². The van der Waals surface area contributed by atoms with Crippen molar-refractivity contribution in [1.29, 1.82) is 0 Å². The van der Waals surface area contributed by atoms with Crippen molar-refractivity contribution in [3.05, 3.63) is 51.0 Å². The van der Waals surface area contributed by atoms with Gasteiger partial charge in [0.15, 0.2) is 5.58 Å². The molecule has 6 nitrogen and oxygen atoms in total. The zero-order valence-electron chi connectivity index (χ0n) is 11.8. The van der Waals surface area contributed by atoms with E-state index >= 15 is 0 Å². The first kappa shape index (κ1) is 14.3. The molecule has 112 valence electrons. The summed E-state index contributed by atoms with van der Waals surface area (Å²) in [4.78, 5) is 14.8. The second-order valence-corrected chi connectivity index (χ2v) is 5.14. The summed E-state index contributed by atoms with van der Waals surface area (Å²) in [6, 6.07) is 7.99. The van der Waals surface area contributed by atoms with E-state index in [0.29, 0.717) is 38.9 Å². The Kier molecular flexibility index (Phi) is 3.46. The van der Waals surface area contributed by atoms with Crippen molar-refractivity contribution in [2.75, 3.05) is 7.11 Å². The van der Waals surface area contributed by atoms with Gasteiger partial charge in [-0.15, -0.1) is 0 Å². The molecule has 0 spiro atoms. The van der Waals surface area contributed by atoms with Crippen LogP contribution in [0, 0.1) is 17.0 Å². The summed E-state index contributed by atoms with van der Waals surface area (Å²) >= 11 is 6.09. The van der Waals surface area contributed by atoms with Crippen molar-refractivity contribution >= 4 is 28.4 Å². The topological polar surface area (TPSA) is 78.4 Å². The van der Waals surface area contributed by atoms with Crippen LogP contribution in [0.15, 0.2) is 34.7 Å². The number of ether oxygens (including phenoxy) is 1. The first-order valence-electron chi connectivity index (χ1n) is 6.39. The molecule has 2 aromatic carbocycles. The fourth-order valence-corrected chi connectivity index (χ4v) is 2.47. The maximum atomic E-state index is 10.9. The Morgan fingerprint density at radius 3 is 2.73 bits per heavy atom. The molecule has 3 aromatic rings. The summed E-state index contributed by atoms with van der Waals surface area (Å²) < 4.78 is 10.8.